The molecule has 0 aliphatic heterocycles. The predicted octanol–water partition coefficient (Wildman–Crippen LogP) is 4.26. The molecule has 0 aliphatic rings. The van der Waals surface area contributed by atoms with Crippen molar-refractivity contribution >= 4 is 28.9 Å². The van der Waals surface area contributed by atoms with E-state index in [1.807, 2.05) is 31.2 Å². The van der Waals surface area contributed by atoms with Crippen LogP contribution < -0.4 is 20.1 Å². The zero-order valence-corrected chi connectivity index (χ0v) is 17.9. The smallest absolute Gasteiger partial charge is 0.257 e. The van der Waals surface area contributed by atoms with Gasteiger partial charge >= 0.3 is 0 Å². The third-order valence-electron chi connectivity index (χ3n) is 3.75. The van der Waals surface area contributed by atoms with Gasteiger partial charge < -0.3 is 19.5 Å². The Morgan fingerprint density at radius 3 is 2.45 bits per heavy atom. The molecule has 0 aliphatic carbocycles. The van der Waals surface area contributed by atoms with Crippen molar-refractivity contribution < 1.29 is 19.0 Å². The highest BCUT2D eigenvalue weighted by Crippen LogP contribution is 2.23. The molecule has 0 aromatic heterocycles. The van der Waals surface area contributed by atoms with Crippen molar-refractivity contribution in [1.29, 1.82) is 0 Å². The number of amides is 1. The van der Waals surface area contributed by atoms with Crippen LogP contribution in [0, 0.1) is 5.92 Å². The quantitative estimate of drug-likeness (QED) is 0.445. The zero-order chi connectivity index (χ0) is 21.1. The lowest BCUT2D eigenvalue weighted by Crippen LogP contribution is -2.34. The normalized spacial score (nSPS) is 10.5. The van der Waals surface area contributed by atoms with Gasteiger partial charge in [0.25, 0.3) is 5.91 Å². The molecular weight excluding hydrogens is 388 g/mol. The summed E-state index contributed by atoms with van der Waals surface area (Å²) in [5.41, 5.74) is 1.17. The Morgan fingerprint density at radius 2 is 1.76 bits per heavy atom. The number of benzene rings is 2. The van der Waals surface area contributed by atoms with E-state index in [2.05, 4.69) is 24.5 Å². The van der Waals surface area contributed by atoms with Crippen molar-refractivity contribution in [2.75, 3.05) is 31.7 Å². The lowest BCUT2D eigenvalue weighted by molar-refractivity contribution is 0.0977. The van der Waals surface area contributed by atoms with Gasteiger partial charge in [-0.2, -0.15) is 0 Å². The van der Waals surface area contributed by atoms with Crippen molar-refractivity contribution in [3.05, 3.63) is 54.1 Å². The Morgan fingerprint density at radius 1 is 1.03 bits per heavy atom. The number of thiocarbonyl (C=S) groups is 1. The first kappa shape index (κ1) is 22.6. The summed E-state index contributed by atoms with van der Waals surface area (Å²) in [5.74, 6) is 1.50. The number of rotatable bonds is 10. The molecule has 0 radical (unpaired) electrons. The predicted molar refractivity (Wildman–Crippen MR) is 119 cm³/mol. The monoisotopic (exact) mass is 416 g/mol. The summed E-state index contributed by atoms with van der Waals surface area (Å²) in [5, 5.41) is 5.87. The zero-order valence-electron chi connectivity index (χ0n) is 17.1. The van der Waals surface area contributed by atoms with E-state index in [0.29, 0.717) is 49.3 Å². The summed E-state index contributed by atoms with van der Waals surface area (Å²) in [6.45, 7) is 8.30. The van der Waals surface area contributed by atoms with E-state index in [4.69, 9.17) is 26.4 Å². The molecule has 29 heavy (non-hydrogen) atoms. The van der Waals surface area contributed by atoms with E-state index in [0.717, 1.165) is 5.75 Å². The second kappa shape index (κ2) is 12.0. The molecule has 7 heteroatoms. The summed E-state index contributed by atoms with van der Waals surface area (Å²) in [7, 11) is 0. The number of anilines is 1. The van der Waals surface area contributed by atoms with Crippen molar-refractivity contribution in [3.8, 4) is 11.5 Å². The fourth-order valence-electron chi connectivity index (χ4n) is 2.34. The van der Waals surface area contributed by atoms with Gasteiger partial charge in [0.1, 0.15) is 18.1 Å². The fraction of sp³-hybridized carbons (Fsp3) is 0.364. The number of carbonyl (C=O) groups excluding carboxylic acids is 1. The van der Waals surface area contributed by atoms with E-state index in [1.165, 1.54) is 0 Å². The van der Waals surface area contributed by atoms with Gasteiger partial charge in [0.15, 0.2) is 5.11 Å². The Balaban J connectivity index is 1.89. The first-order valence-corrected chi connectivity index (χ1v) is 10.0. The van der Waals surface area contributed by atoms with Gasteiger partial charge in [-0.1, -0.05) is 26.0 Å². The van der Waals surface area contributed by atoms with Crippen LogP contribution >= 0.6 is 12.2 Å². The molecule has 156 valence electrons. The highest BCUT2D eigenvalue weighted by Gasteiger charge is 2.10. The molecule has 0 unspecified atom stereocenters. The molecule has 0 saturated carbocycles. The Bertz CT molecular complexity index is 794. The van der Waals surface area contributed by atoms with E-state index in [-0.39, 0.29) is 11.0 Å². The lowest BCUT2D eigenvalue weighted by atomic mass is 10.2. The maximum atomic E-state index is 12.4. The minimum atomic E-state index is -0.298. The SMILES string of the molecule is CCOCCOc1ccccc1NC(=S)NC(=O)c1ccc(OCC(C)C)cc1. The molecule has 0 heterocycles. The van der Waals surface area contributed by atoms with Crippen LogP contribution in [0.4, 0.5) is 5.69 Å². The second-order valence-corrected chi connectivity index (χ2v) is 7.09. The van der Waals surface area contributed by atoms with Gasteiger partial charge in [0.05, 0.1) is 18.9 Å². The molecule has 0 spiro atoms. The standard InChI is InChI=1S/C22H28N2O4S/c1-4-26-13-14-27-20-8-6-5-7-19(20)23-22(29)24-21(25)17-9-11-18(12-10-17)28-15-16(2)3/h5-12,16H,4,13-15H2,1-3H3,(H2,23,24,25,29). The van der Waals surface area contributed by atoms with Crippen molar-refractivity contribution in [2.45, 2.75) is 20.8 Å². The number of hydrogen-bond acceptors (Lipinski definition) is 5. The highest BCUT2D eigenvalue weighted by atomic mass is 32.1. The molecule has 2 aromatic rings. The van der Waals surface area contributed by atoms with Crippen LogP contribution in [0.15, 0.2) is 48.5 Å². The van der Waals surface area contributed by atoms with Gasteiger partial charge in [-0.3, -0.25) is 10.1 Å². The minimum Gasteiger partial charge on any atom is -0.493 e. The molecule has 0 atom stereocenters. The largest absolute Gasteiger partial charge is 0.493 e. The summed E-state index contributed by atoms with van der Waals surface area (Å²) >= 11 is 5.27. The molecule has 0 bridgehead atoms. The molecule has 6 nitrogen and oxygen atoms in total. The summed E-state index contributed by atoms with van der Waals surface area (Å²) < 4.78 is 16.6. The topological polar surface area (TPSA) is 68.8 Å². The molecule has 1 amide bonds. The second-order valence-electron chi connectivity index (χ2n) is 6.68. The number of hydrogen-bond donors (Lipinski definition) is 2. The lowest BCUT2D eigenvalue weighted by Gasteiger charge is -2.14. The van der Waals surface area contributed by atoms with Crippen LogP contribution in [0.1, 0.15) is 31.1 Å². The van der Waals surface area contributed by atoms with E-state index >= 15 is 0 Å². The molecule has 2 N–H and O–H groups in total. The van der Waals surface area contributed by atoms with Crippen LogP contribution in [0.3, 0.4) is 0 Å². The average Bonchev–Trinajstić information content (AvgIpc) is 2.71. The number of para-hydroxylation sites is 2. The van der Waals surface area contributed by atoms with Crippen LogP contribution in [-0.2, 0) is 4.74 Å². The number of carbonyl (C=O) groups is 1. The van der Waals surface area contributed by atoms with Crippen molar-refractivity contribution in [3.63, 3.8) is 0 Å². The number of nitrogens with one attached hydrogen (secondary N) is 2. The van der Waals surface area contributed by atoms with Gasteiger partial charge in [-0.05, 0) is 61.5 Å². The Kier molecular flexibility index (Phi) is 9.40. The molecule has 0 fully saturated rings. The van der Waals surface area contributed by atoms with Gasteiger partial charge in [-0.25, -0.2) is 0 Å². The van der Waals surface area contributed by atoms with Crippen LogP contribution in [0.25, 0.3) is 0 Å². The first-order valence-electron chi connectivity index (χ1n) is 9.64. The summed E-state index contributed by atoms with van der Waals surface area (Å²) in [6, 6.07) is 14.3. The Hall–Kier alpha value is -2.64. The third kappa shape index (κ3) is 8.09. The van der Waals surface area contributed by atoms with Crippen molar-refractivity contribution in [1.82, 2.24) is 5.32 Å². The van der Waals surface area contributed by atoms with E-state index in [1.54, 1.807) is 24.3 Å². The summed E-state index contributed by atoms with van der Waals surface area (Å²) in [6.07, 6.45) is 0. The molecule has 2 aromatic carbocycles. The van der Waals surface area contributed by atoms with Gasteiger partial charge in [0, 0.05) is 12.2 Å². The molecule has 0 saturated heterocycles. The van der Waals surface area contributed by atoms with Crippen LogP contribution in [0.2, 0.25) is 0 Å². The summed E-state index contributed by atoms with van der Waals surface area (Å²) in [4.78, 5) is 12.4. The first-order chi connectivity index (χ1) is 14.0. The number of ether oxygens (including phenoxy) is 3. The maximum absolute atomic E-state index is 12.4. The molecule has 2 rings (SSSR count). The average molecular weight is 417 g/mol. The Labute approximate surface area is 177 Å². The third-order valence-corrected chi connectivity index (χ3v) is 3.96. The maximum Gasteiger partial charge on any atom is 0.257 e. The van der Waals surface area contributed by atoms with E-state index < -0.39 is 0 Å². The highest BCUT2D eigenvalue weighted by molar-refractivity contribution is 7.80. The fourth-order valence-corrected chi connectivity index (χ4v) is 2.55. The minimum absolute atomic E-state index is 0.191. The van der Waals surface area contributed by atoms with Crippen LogP contribution in [-0.4, -0.2) is 37.4 Å². The molecular formula is C22H28N2O4S. The van der Waals surface area contributed by atoms with Gasteiger partial charge in [-0.15, -0.1) is 0 Å². The van der Waals surface area contributed by atoms with Gasteiger partial charge in [0.2, 0.25) is 0 Å². The van der Waals surface area contributed by atoms with Crippen molar-refractivity contribution in [2.24, 2.45) is 5.92 Å². The van der Waals surface area contributed by atoms with Crippen LogP contribution in [0.5, 0.6) is 11.5 Å². The van der Waals surface area contributed by atoms with E-state index in [9.17, 15) is 4.79 Å².